The van der Waals surface area contributed by atoms with E-state index in [1.165, 1.54) is 0 Å². The van der Waals surface area contributed by atoms with Crippen LogP contribution in [0.1, 0.15) is 23.7 Å². The van der Waals surface area contributed by atoms with Crippen LogP contribution in [0.5, 0.6) is 0 Å². The molecule has 29 heavy (non-hydrogen) atoms. The lowest BCUT2D eigenvalue weighted by Crippen LogP contribution is -2.30. The van der Waals surface area contributed by atoms with Gasteiger partial charge in [0.05, 0.1) is 5.69 Å². The maximum atomic E-state index is 12.7. The Labute approximate surface area is 173 Å². The van der Waals surface area contributed by atoms with E-state index in [-0.39, 0.29) is 5.91 Å². The summed E-state index contributed by atoms with van der Waals surface area (Å²) in [6, 6.07) is 23.6. The predicted octanol–water partition coefficient (Wildman–Crippen LogP) is 4.81. The Morgan fingerprint density at radius 3 is 2.28 bits per heavy atom. The molecule has 1 amide bonds. The molecule has 0 aliphatic carbocycles. The molecular formula is C24H28N4O. The summed E-state index contributed by atoms with van der Waals surface area (Å²) >= 11 is 0. The number of rotatable bonds is 8. The number of hydrogen-bond acceptors (Lipinski definition) is 4. The van der Waals surface area contributed by atoms with Crippen LogP contribution in [0.3, 0.4) is 0 Å². The van der Waals surface area contributed by atoms with Crippen LogP contribution >= 0.6 is 0 Å². The normalized spacial score (nSPS) is 11.9. The Kier molecular flexibility index (Phi) is 6.98. The number of amides is 1. The first-order valence-corrected chi connectivity index (χ1v) is 9.86. The van der Waals surface area contributed by atoms with Crippen molar-refractivity contribution in [1.29, 1.82) is 0 Å². The van der Waals surface area contributed by atoms with E-state index in [0.717, 1.165) is 24.5 Å². The largest absolute Gasteiger partial charge is 0.325 e. The van der Waals surface area contributed by atoms with Crippen LogP contribution in [0.25, 0.3) is 0 Å². The lowest BCUT2D eigenvalue weighted by Gasteiger charge is -2.29. The van der Waals surface area contributed by atoms with E-state index in [1.54, 1.807) is 18.3 Å². The van der Waals surface area contributed by atoms with Crippen molar-refractivity contribution in [2.45, 2.75) is 19.4 Å². The first-order valence-electron chi connectivity index (χ1n) is 9.86. The topological polar surface area (TPSA) is 48.5 Å². The van der Waals surface area contributed by atoms with Crippen LogP contribution in [-0.2, 0) is 0 Å². The van der Waals surface area contributed by atoms with Gasteiger partial charge in [0, 0.05) is 30.0 Å². The van der Waals surface area contributed by atoms with Gasteiger partial charge in [0.25, 0.3) is 5.91 Å². The van der Waals surface area contributed by atoms with Crippen molar-refractivity contribution in [2.24, 2.45) is 0 Å². The molecule has 0 radical (unpaired) electrons. The summed E-state index contributed by atoms with van der Waals surface area (Å²) in [7, 11) is 4.17. The van der Waals surface area contributed by atoms with Crippen LogP contribution in [0, 0.1) is 0 Å². The van der Waals surface area contributed by atoms with Gasteiger partial charge in [-0.1, -0.05) is 36.4 Å². The summed E-state index contributed by atoms with van der Waals surface area (Å²) in [5.74, 6) is 0.600. The Hall–Kier alpha value is -3.18. The summed E-state index contributed by atoms with van der Waals surface area (Å²) in [4.78, 5) is 21.7. The molecule has 0 aliphatic rings. The van der Waals surface area contributed by atoms with Crippen molar-refractivity contribution in [2.75, 3.05) is 30.9 Å². The quantitative estimate of drug-likeness (QED) is 0.601. The number of nitrogens with one attached hydrogen (secondary N) is 1. The van der Waals surface area contributed by atoms with Crippen molar-refractivity contribution in [1.82, 2.24) is 9.88 Å². The molecule has 3 rings (SSSR count). The van der Waals surface area contributed by atoms with Gasteiger partial charge < -0.3 is 15.1 Å². The summed E-state index contributed by atoms with van der Waals surface area (Å²) in [5, 5.41) is 3.03. The van der Waals surface area contributed by atoms with Crippen molar-refractivity contribution < 1.29 is 4.79 Å². The number of aromatic nitrogens is 1. The van der Waals surface area contributed by atoms with Gasteiger partial charge in [-0.15, -0.1) is 0 Å². The third kappa shape index (κ3) is 5.42. The highest BCUT2D eigenvalue weighted by Gasteiger charge is 2.18. The molecule has 1 heterocycles. The number of anilines is 3. The number of hydrogen-bond donors (Lipinski definition) is 1. The molecule has 0 aliphatic heterocycles. The molecule has 1 unspecified atom stereocenters. The average molecular weight is 389 g/mol. The summed E-state index contributed by atoms with van der Waals surface area (Å²) in [6.45, 7) is 2.99. The highest BCUT2D eigenvalue weighted by atomic mass is 16.1. The van der Waals surface area contributed by atoms with Gasteiger partial charge in [0.2, 0.25) is 0 Å². The van der Waals surface area contributed by atoms with Crippen LogP contribution < -0.4 is 10.2 Å². The second kappa shape index (κ2) is 9.85. The molecule has 5 heteroatoms. The number of benzene rings is 2. The Balaban J connectivity index is 1.90. The van der Waals surface area contributed by atoms with Crippen LogP contribution in [-0.4, -0.2) is 42.5 Å². The van der Waals surface area contributed by atoms with Crippen LogP contribution in [0.2, 0.25) is 0 Å². The molecule has 0 bridgehead atoms. The zero-order valence-electron chi connectivity index (χ0n) is 17.2. The zero-order valence-corrected chi connectivity index (χ0v) is 17.2. The first-order chi connectivity index (χ1) is 14.1. The Morgan fingerprint density at radius 1 is 0.966 bits per heavy atom. The maximum absolute atomic E-state index is 12.7. The minimum absolute atomic E-state index is 0.144. The number of nitrogens with zero attached hydrogens (tertiary/aromatic N) is 3. The second-order valence-corrected chi connectivity index (χ2v) is 7.28. The zero-order chi connectivity index (χ0) is 20.6. The molecule has 0 spiro atoms. The van der Waals surface area contributed by atoms with Gasteiger partial charge in [-0.05, 0) is 63.8 Å². The Morgan fingerprint density at radius 2 is 1.62 bits per heavy atom. The van der Waals surface area contributed by atoms with Gasteiger partial charge >= 0.3 is 0 Å². The molecule has 150 valence electrons. The highest BCUT2D eigenvalue weighted by molar-refractivity contribution is 6.05. The summed E-state index contributed by atoms with van der Waals surface area (Å²) in [6.07, 6.45) is 2.73. The SMILES string of the molecule is CC(CCN(c1ccccc1)c1ncccc1NC(=O)c1ccccc1)N(C)C. The lowest BCUT2D eigenvalue weighted by molar-refractivity contribution is 0.102. The smallest absolute Gasteiger partial charge is 0.255 e. The van der Waals surface area contributed by atoms with Gasteiger partial charge in [0.15, 0.2) is 5.82 Å². The number of para-hydroxylation sites is 1. The number of pyridine rings is 1. The van der Waals surface area contributed by atoms with Crippen LogP contribution in [0.4, 0.5) is 17.2 Å². The number of carbonyl (C=O) groups excluding carboxylic acids is 1. The van der Waals surface area contributed by atoms with E-state index in [9.17, 15) is 4.79 Å². The molecule has 0 saturated carbocycles. The molecule has 5 nitrogen and oxygen atoms in total. The van der Waals surface area contributed by atoms with Gasteiger partial charge in [0.1, 0.15) is 0 Å². The van der Waals surface area contributed by atoms with E-state index in [0.29, 0.717) is 17.3 Å². The molecule has 1 aromatic heterocycles. The third-order valence-corrected chi connectivity index (χ3v) is 5.05. The average Bonchev–Trinajstić information content (AvgIpc) is 2.76. The maximum Gasteiger partial charge on any atom is 0.255 e. The predicted molar refractivity (Wildman–Crippen MR) is 120 cm³/mol. The number of carbonyl (C=O) groups is 1. The highest BCUT2D eigenvalue weighted by Crippen LogP contribution is 2.30. The summed E-state index contributed by atoms with van der Waals surface area (Å²) in [5.41, 5.74) is 2.37. The van der Waals surface area contributed by atoms with Crippen molar-refractivity contribution in [3.8, 4) is 0 Å². The van der Waals surface area contributed by atoms with Gasteiger partial charge in [-0.3, -0.25) is 4.79 Å². The Bertz CT molecular complexity index is 912. The van der Waals surface area contributed by atoms with E-state index < -0.39 is 0 Å². The fourth-order valence-electron chi connectivity index (χ4n) is 3.03. The molecule has 0 saturated heterocycles. The minimum Gasteiger partial charge on any atom is -0.325 e. The molecular weight excluding hydrogens is 360 g/mol. The summed E-state index contributed by atoms with van der Waals surface area (Å²) < 4.78 is 0. The third-order valence-electron chi connectivity index (χ3n) is 5.05. The van der Waals surface area contributed by atoms with Crippen molar-refractivity contribution in [3.63, 3.8) is 0 Å². The molecule has 1 N–H and O–H groups in total. The monoisotopic (exact) mass is 388 g/mol. The van der Waals surface area contributed by atoms with E-state index in [4.69, 9.17) is 0 Å². The van der Waals surface area contributed by atoms with E-state index in [2.05, 4.69) is 53.3 Å². The van der Waals surface area contributed by atoms with Crippen LogP contribution in [0.15, 0.2) is 79.0 Å². The van der Waals surface area contributed by atoms with Crippen molar-refractivity contribution >= 4 is 23.1 Å². The van der Waals surface area contributed by atoms with Crippen molar-refractivity contribution in [3.05, 3.63) is 84.6 Å². The van der Waals surface area contributed by atoms with E-state index >= 15 is 0 Å². The lowest BCUT2D eigenvalue weighted by atomic mass is 10.1. The second-order valence-electron chi connectivity index (χ2n) is 7.28. The van der Waals surface area contributed by atoms with E-state index in [1.807, 2.05) is 48.5 Å². The van der Waals surface area contributed by atoms with Gasteiger partial charge in [-0.25, -0.2) is 4.98 Å². The molecule has 2 aromatic carbocycles. The minimum atomic E-state index is -0.144. The van der Waals surface area contributed by atoms with Gasteiger partial charge in [-0.2, -0.15) is 0 Å². The molecule has 0 fully saturated rings. The molecule has 3 aromatic rings. The fraction of sp³-hybridized carbons (Fsp3) is 0.250. The first kappa shape index (κ1) is 20.6. The fourth-order valence-corrected chi connectivity index (χ4v) is 3.03. The standard InChI is InChI=1S/C24H28N4O/c1-19(27(2)3)16-18-28(21-13-8-5-9-14-21)23-22(15-10-17-25-23)26-24(29)20-11-6-4-7-12-20/h4-15,17,19H,16,18H2,1-3H3,(H,26,29). The molecule has 1 atom stereocenters.